The van der Waals surface area contributed by atoms with Gasteiger partial charge in [-0.25, -0.2) is 9.29 Å². The normalized spacial score (nSPS) is 29.9. The number of phenols is 1. The number of rotatable bonds is 3. The van der Waals surface area contributed by atoms with Gasteiger partial charge in [0.25, 0.3) is 0 Å². The number of imide groups is 2. The molecule has 3 aromatic rings. The minimum absolute atomic E-state index is 0.00142. The Bertz CT molecular complexity index is 1780. The van der Waals surface area contributed by atoms with Crippen molar-refractivity contribution in [1.29, 1.82) is 0 Å². The number of halogens is 3. The summed E-state index contributed by atoms with van der Waals surface area (Å²) in [5.41, 5.74) is 0.798. The molecular weight excluding hydrogens is 639 g/mol. The highest BCUT2D eigenvalue weighted by Crippen LogP contribution is 2.63. The molecule has 43 heavy (non-hydrogen) atoms. The Morgan fingerprint density at radius 3 is 2.33 bits per heavy atom. The van der Waals surface area contributed by atoms with Gasteiger partial charge in [-0.15, -0.1) is 0 Å². The highest BCUT2D eigenvalue weighted by atomic mass is 79.9. The van der Waals surface area contributed by atoms with Crippen molar-refractivity contribution in [2.75, 3.05) is 9.80 Å². The van der Waals surface area contributed by atoms with Crippen LogP contribution in [0, 0.1) is 34.9 Å². The predicted octanol–water partition coefficient (Wildman–Crippen LogP) is 6.38. The monoisotopic (exact) mass is 662 g/mol. The maximum atomic E-state index is 14.4. The van der Waals surface area contributed by atoms with E-state index in [1.54, 1.807) is 49.4 Å². The average Bonchev–Trinajstić information content (AvgIpc) is 3.34. The van der Waals surface area contributed by atoms with E-state index in [9.17, 15) is 28.7 Å². The van der Waals surface area contributed by atoms with Crippen molar-refractivity contribution in [3.63, 3.8) is 0 Å². The maximum Gasteiger partial charge on any atom is 0.241 e. The van der Waals surface area contributed by atoms with Crippen LogP contribution in [-0.4, -0.2) is 28.7 Å². The van der Waals surface area contributed by atoms with E-state index in [0.717, 1.165) is 21.0 Å². The summed E-state index contributed by atoms with van der Waals surface area (Å²) in [7, 11) is 0. The molecule has 6 atom stereocenters. The smallest absolute Gasteiger partial charge is 0.241 e. The van der Waals surface area contributed by atoms with E-state index < -0.39 is 52.6 Å². The van der Waals surface area contributed by atoms with Crippen LogP contribution in [0.3, 0.4) is 0 Å². The highest BCUT2D eigenvalue weighted by molar-refractivity contribution is 9.10. The summed E-state index contributed by atoms with van der Waals surface area (Å²) in [4.78, 5) is 58.6. The van der Waals surface area contributed by atoms with E-state index in [1.807, 2.05) is 6.08 Å². The molecule has 2 heterocycles. The molecule has 2 saturated heterocycles. The van der Waals surface area contributed by atoms with Crippen molar-refractivity contribution in [2.45, 2.75) is 25.7 Å². The van der Waals surface area contributed by atoms with Crippen molar-refractivity contribution >= 4 is 62.5 Å². The standard InChI is InChI=1S/C33H25BrClFN2O5/c1-33-24(30(41)38(32(33)43)19-9-12-26(36)25(35)14-19)15-23-21(28(33)16-3-2-4-20(39)13-16)10-11-22-27(23)31(42)37(29(22)40)18-7-5-17(34)6-8-18/h2-10,12-14,22-24,27-28,39H,11,15H2,1H3/t22-,23+,24-,27-,28-,33+/m0/s1. The molecular formula is C33H25BrClFN2O5. The molecule has 3 aromatic carbocycles. The third kappa shape index (κ3) is 3.97. The lowest BCUT2D eigenvalue weighted by atomic mass is 9.51. The number of nitrogens with zero attached hydrogens (tertiary/aromatic N) is 2. The number of amides is 4. The fourth-order valence-electron chi connectivity index (χ4n) is 7.81. The molecule has 0 unspecified atom stereocenters. The number of carbonyl (C=O) groups excluding carboxylic acids is 4. The lowest BCUT2D eigenvalue weighted by Crippen LogP contribution is -2.48. The van der Waals surface area contributed by atoms with Gasteiger partial charge in [-0.05, 0) is 85.8 Å². The molecule has 0 bridgehead atoms. The first kappa shape index (κ1) is 28.0. The topological polar surface area (TPSA) is 95.0 Å². The zero-order valence-corrected chi connectivity index (χ0v) is 25.2. The Morgan fingerprint density at radius 2 is 1.63 bits per heavy atom. The zero-order chi connectivity index (χ0) is 30.4. The van der Waals surface area contributed by atoms with Gasteiger partial charge >= 0.3 is 0 Å². The largest absolute Gasteiger partial charge is 0.508 e. The summed E-state index contributed by atoms with van der Waals surface area (Å²) in [5.74, 6) is -5.53. The summed E-state index contributed by atoms with van der Waals surface area (Å²) in [6.45, 7) is 1.75. The quantitative estimate of drug-likeness (QED) is 0.259. The van der Waals surface area contributed by atoms with Crippen molar-refractivity contribution in [1.82, 2.24) is 0 Å². The number of aromatic hydroxyl groups is 1. The van der Waals surface area contributed by atoms with Crippen LogP contribution < -0.4 is 9.80 Å². The fourth-order valence-corrected chi connectivity index (χ4v) is 8.25. The molecule has 7 rings (SSSR count). The third-order valence-electron chi connectivity index (χ3n) is 9.72. The lowest BCUT2D eigenvalue weighted by Gasteiger charge is -2.49. The van der Waals surface area contributed by atoms with Crippen LogP contribution in [0.5, 0.6) is 5.75 Å². The van der Waals surface area contributed by atoms with Crippen molar-refractivity contribution in [3.05, 3.63) is 99.3 Å². The Labute approximate surface area is 260 Å². The van der Waals surface area contributed by atoms with E-state index in [4.69, 9.17) is 11.6 Å². The van der Waals surface area contributed by atoms with Crippen LogP contribution in [0.2, 0.25) is 5.02 Å². The number of hydrogen-bond acceptors (Lipinski definition) is 5. The van der Waals surface area contributed by atoms with Crippen LogP contribution in [0.1, 0.15) is 31.2 Å². The van der Waals surface area contributed by atoms with Crippen LogP contribution in [-0.2, 0) is 19.2 Å². The minimum Gasteiger partial charge on any atom is -0.508 e. The van der Waals surface area contributed by atoms with Gasteiger partial charge in [-0.2, -0.15) is 0 Å². The highest BCUT2D eigenvalue weighted by Gasteiger charge is 2.67. The molecule has 7 nitrogen and oxygen atoms in total. The molecule has 4 aliphatic rings. The molecule has 2 aliphatic carbocycles. The van der Waals surface area contributed by atoms with Gasteiger partial charge in [0.05, 0.1) is 39.6 Å². The van der Waals surface area contributed by atoms with E-state index >= 15 is 0 Å². The second-order valence-corrected chi connectivity index (χ2v) is 13.2. The molecule has 218 valence electrons. The maximum absolute atomic E-state index is 14.4. The van der Waals surface area contributed by atoms with Crippen LogP contribution in [0.25, 0.3) is 0 Å². The summed E-state index contributed by atoms with van der Waals surface area (Å²) in [6, 6.07) is 17.3. The molecule has 1 saturated carbocycles. The molecule has 2 aliphatic heterocycles. The third-order valence-corrected chi connectivity index (χ3v) is 10.5. The van der Waals surface area contributed by atoms with Gasteiger partial charge in [0.1, 0.15) is 11.6 Å². The predicted molar refractivity (Wildman–Crippen MR) is 161 cm³/mol. The summed E-state index contributed by atoms with van der Waals surface area (Å²) >= 11 is 9.43. The first-order chi connectivity index (χ1) is 20.5. The van der Waals surface area contributed by atoms with Crippen LogP contribution >= 0.6 is 27.5 Å². The lowest BCUT2D eigenvalue weighted by molar-refractivity contribution is -0.131. The molecule has 0 radical (unpaired) electrons. The first-order valence-corrected chi connectivity index (χ1v) is 15.1. The number of carbonyl (C=O) groups is 4. The Hall–Kier alpha value is -3.82. The van der Waals surface area contributed by atoms with Gasteiger partial charge in [0.15, 0.2) is 0 Å². The number of fused-ring (bicyclic) bond motifs is 4. The number of phenolic OH excluding ortho intramolecular Hbond substituents is 1. The van der Waals surface area contributed by atoms with Gasteiger partial charge < -0.3 is 5.11 Å². The number of benzene rings is 3. The van der Waals surface area contributed by atoms with E-state index in [2.05, 4.69) is 15.9 Å². The molecule has 1 N–H and O–H groups in total. The van der Waals surface area contributed by atoms with Gasteiger partial charge in [0.2, 0.25) is 23.6 Å². The SMILES string of the molecule is C[C@@]12C(=O)N(c3ccc(F)c(Cl)c3)C(=O)[C@@H]1C[C@@H]1C(=CC[C@@H]3C(=O)N(c4ccc(Br)cc4)C(=O)[C@@H]31)[C@@H]2c1cccc(O)c1. The summed E-state index contributed by atoms with van der Waals surface area (Å²) < 4.78 is 14.8. The Balaban J connectivity index is 1.36. The Morgan fingerprint density at radius 1 is 0.907 bits per heavy atom. The number of hydrogen-bond donors (Lipinski definition) is 1. The molecule has 0 aromatic heterocycles. The van der Waals surface area contributed by atoms with Gasteiger partial charge in [-0.1, -0.05) is 51.3 Å². The second-order valence-electron chi connectivity index (χ2n) is 11.8. The Kier molecular flexibility index (Phi) is 6.41. The van der Waals surface area contributed by atoms with Crippen LogP contribution in [0.4, 0.5) is 15.8 Å². The van der Waals surface area contributed by atoms with Crippen molar-refractivity contribution < 1.29 is 28.7 Å². The second kappa shape index (κ2) is 9.86. The summed E-state index contributed by atoms with van der Waals surface area (Å²) in [6.07, 6.45) is 2.44. The van der Waals surface area contributed by atoms with Crippen LogP contribution in [0.15, 0.2) is 82.9 Å². The van der Waals surface area contributed by atoms with E-state index in [0.29, 0.717) is 17.7 Å². The average molecular weight is 664 g/mol. The number of allylic oxidation sites excluding steroid dienone is 2. The molecule has 10 heteroatoms. The molecule has 0 spiro atoms. The van der Waals surface area contributed by atoms with Crippen molar-refractivity contribution in [3.8, 4) is 5.75 Å². The first-order valence-electron chi connectivity index (χ1n) is 14.0. The zero-order valence-electron chi connectivity index (χ0n) is 22.8. The van der Waals surface area contributed by atoms with Crippen molar-refractivity contribution in [2.24, 2.45) is 29.1 Å². The summed E-state index contributed by atoms with van der Waals surface area (Å²) in [5, 5.41) is 10.2. The molecule has 4 amide bonds. The van der Waals surface area contributed by atoms with Gasteiger partial charge in [0, 0.05) is 10.4 Å². The van der Waals surface area contributed by atoms with Gasteiger partial charge in [-0.3, -0.25) is 24.1 Å². The van der Waals surface area contributed by atoms with E-state index in [-0.39, 0.29) is 34.7 Å². The molecule has 3 fully saturated rings. The fraction of sp³-hybridized carbons (Fsp3) is 0.273. The number of anilines is 2. The minimum atomic E-state index is -1.28. The van der Waals surface area contributed by atoms with E-state index in [1.165, 1.54) is 23.1 Å².